The third kappa shape index (κ3) is 4.46. The second-order valence-corrected chi connectivity index (χ2v) is 7.95. The van der Waals surface area contributed by atoms with E-state index in [-0.39, 0.29) is 12.2 Å². The van der Waals surface area contributed by atoms with Gasteiger partial charge in [-0.1, -0.05) is 37.5 Å². The van der Waals surface area contributed by atoms with Gasteiger partial charge < -0.3 is 9.47 Å². The Labute approximate surface area is 166 Å². The van der Waals surface area contributed by atoms with Crippen molar-refractivity contribution in [1.82, 2.24) is 9.88 Å². The first-order chi connectivity index (χ1) is 13.7. The predicted molar refractivity (Wildman–Crippen MR) is 107 cm³/mol. The number of amides is 1. The Morgan fingerprint density at radius 1 is 1.21 bits per heavy atom. The largest absolute Gasteiger partial charge is 0.493 e. The van der Waals surface area contributed by atoms with Gasteiger partial charge in [0.1, 0.15) is 11.9 Å². The Hall–Kier alpha value is -2.56. The molecular weight excluding hydrogens is 352 g/mol. The van der Waals surface area contributed by atoms with Crippen molar-refractivity contribution < 1.29 is 14.3 Å². The summed E-state index contributed by atoms with van der Waals surface area (Å²) in [4.78, 5) is 18.1. The fourth-order valence-electron chi connectivity index (χ4n) is 4.13. The molecule has 2 aliphatic rings. The fourth-order valence-corrected chi connectivity index (χ4v) is 4.13. The quantitative estimate of drug-likeness (QED) is 0.704. The monoisotopic (exact) mass is 380 g/mol. The van der Waals surface area contributed by atoms with Crippen LogP contribution in [0.1, 0.15) is 54.9 Å². The number of ether oxygens (including phenoxy) is 2. The molecule has 0 N–H and O–H groups in total. The average Bonchev–Trinajstić information content (AvgIpc) is 3.09. The number of benzene rings is 1. The molecule has 1 aromatic carbocycles. The van der Waals surface area contributed by atoms with E-state index in [2.05, 4.69) is 18.0 Å². The van der Waals surface area contributed by atoms with Crippen LogP contribution < -0.4 is 4.74 Å². The van der Waals surface area contributed by atoms with Crippen molar-refractivity contribution in [3.63, 3.8) is 0 Å². The molecule has 1 saturated heterocycles. The van der Waals surface area contributed by atoms with Crippen LogP contribution in [0.25, 0.3) is 0 Å². The van der Waals surface area contributed by atoms with Gasteiger partial charge in [-0.05, 0) is 48.9 Å². The second kappa shape index (κ2) is 8.63. The number of nitrogens with zero attached hydrogens (tertiary/aromatic N) is 2. The van der Waals surface area contributed by atoms with Gasteiger partial charge >= 0.3 is 6.09 Å². The summed E-state index contributed by atoms with van der Waals surface area (Å²) in [6.07, 6.45) is 9.55. The van der Waals surface area contributed by atoms with E-state index in [9.17, 15) is 4.79 Å². The van der Waals surface area contributed by atoms with Gasteiger partial charge in [-0.25, -0.2) is 4.79 Å². The maximum absolute atomic E-state index is 12.3. The fraction of sp³-hybridized carbons (Fsp3) is 0.478. The number of cyclic esters (lactones) is 1. The molecule has 1 amide bonds. The molecule has 4 rings (SSSR count). The van der Waals surface area contributed by atoms with Gasteiger partial charge in [0.25, 0.3) is 0 Å². The lowest BCUT2D eigenvalue weighted by atomic mass is 9.90. The molecule has 2 heterocycles. The molecule has 1 unspecified atom stereocenters. The van der Waals surface area contributed by atoms with Gasteiger partial charge in [-0.2, -0.15) is 0 Å². The Morgan fingerprint density at radius 2 is 2.07 bits per heavy atom. The van der Waals surface area contributed by atoms with Gasteiger partial charge in [0.05, 0.1) is 13.2 Å². The number of aryl methyl sites for hydroxylation is 1. The van der Waals surface area contributed by atoms with Crippen molar-refractivity contribution >= 4 is 6.09 Å². The minimum absolute atomic E-state index is 0.250. The Kier molecular flexibility index (Phi) is 5.79. The summed E-state index contributed by atoms with van der Waals surface area (Å²) in [7, 11) is 0. The highest BCUT2D eigenvalue weighted by molar-refractivity contribution is 5.70. The molecule has 0 radical (unpaired) electrons. The summed E-state index contributed by atoms with van der Waals surface area (Å²) in [6.45, 7) is 3.97. The maximum atomic E-state index is 12.3. The number of carbonyl (C=O) groups excluding carboxylic acids is 1. The zero-order valence-corrected chi connectivity index (χ0v) is 16.5. The summed E-state index contributed by atoms with van der Waals surface area (Å²) in [5.74, 6) is 1.64. The molecule has 1 aliphatic heterocycles. The van der Waals surface area contributed by atoms with Crippen molar-refractivity contribution in [2.24, 2.45) is 5.92 Å². The van der Waals surface area contributed by atoms with Gasteiger partial charge in [-0.3, -0.25) is 9.88 Å². The van der Waals surface area contributed by atoms with Crippen LogP contribution in [-0.2, 0) is 11.3 Å². The molecule has 0 spiro atoms. The first-order valence-corrected chi connectivity index (χ1v) is 10.3. The zero-order chi connectivity index (χ0) is 19.3. The smallest absolute Gasteiger partial charge is 0.410 e. The number of aromatic nitrogens is 1. The van der Waals surface area contributed by atoms with E-state index in [0.29, 0.717) is 19.0 Å². The molecule has 5 nitrogen and oxygen atoms in total. The highest BCUT2D eigenvalue weighted by Crippen LogP contribution is 2.29. The molecule has 148 valence electrons. The number of rotatable bonds is 6. The van der Waals surface area contributed by atoms with Crippen molar-refractivity contribution in [3.05, 3.63) is 59.4 Å². The number of hydrogen-bond donors (Lipinski definition) is 0. The minimum Gasteiger partial charge on any atom is -0.493 e. The molecule has 1 saturated carbocycles. The topological polar surface area (TPSA) is 51.7 Å². The van der Waals surface area contributed by atoms with E-state index in [4.69, 9.17) is 9.47 Å². The molecular formula is C23H28N2O3. The summed E-state index contributed by atoms with van der Waals surface area (Å²) >= 11 is 0. The lowest BCUT2D eigenvalue weighted by Crippen LogP contribution is -2.23. The van der Waals surface area contributed by atoms with E-state index >= 15 is 0 Å². The molecule has 2 aromatic rings. The molecule has 28 heavy (non-hydrogen) atoms. The lowest BCUT2D eigenvalue weighted by Gasteiger charge is -2.22. The lowest BCUT2D eigenvalue weighted by molar-refractivity contribution is 0.132. The van der Waals surface area contributed by atoms with E-state index in [1.165, 1.54) is 32.1 Å². The third-order valence-electron chi connectivity index (χ3n) is 5.76. The van der Waals surface area contributed by atoms with Crippen molar-refractivity contribution in [2.75, 3.05) is 13.2 Å². The van der Waals surface area contributed by atoms with Crippen LogP contribution in [0, 0.1) is 12.8 Å². The molecule has 1 aliphatic carbocycles. The second-order valence-electron chi connectivity index (χ2n) is 7.95. The first kappa shape index (κ1) is 18.8. The first-order valence-electron chi connectivity index (χ1n) is 10.3. The number of carbonyl (C=O) groups is 1. The summed E-state index contributed by atoms with van der Waals surface area (Å²) in [6, 6.07) is 10.0. The SMILES string of the molecule is Cc1cc(CN2CC(c3cccnc3)OC2=O)ccc1OCC1CCCCC1. The van der Waals surface area contributed by atoms with Gasteiger partial charge in [0.2, 0.25) is 0 Å². The van der Waals surface area contributed by atoms with Crippen LogP contribution in [0.2, 0.25) is 0 Å². The highest BCUT2D eigenvalue weighted by atomic mass is 16.6. The van der Waals surface area contributed by atoms with E-state index in [0.717, 1.165) is 29.0 Å². The predicted octanol–water partition coefficient (Wildman–Crippen LogP) is 5.04. The van der Waals surface area contributed by atoms with Gasteiger partial charge in [0, 0.05) is 24.5 Å². The molecule has 2 fully saturated rings. The van der Waals surface area contributed by atoms with Gasteiger partial charge in [0.15, 0.2) is 0 Å². The van der Waals surface area contributed by atoms with Crippen LogP contribution in [-0.4, -0.2) is 29.1 Å². The Balaban J connectivity index is 1.34. The average molecular weight is 380 g/mol. The van der Waals surface area contributed by atoms with E-state index in [1.54, 1.807) is 17.3 Å². The normalized spacial score (nSPS) is 20.2. The van der Waals surface area contributed by atoms with Gasteiger partial charge in [-0.15, -0.1) is 0 Å². The summed E-state index contributed by atoms with van der Waals surface area (Å²) in [5.41, 5.74) is 3.14. The summed E-state index contributed by atoms with van der Waals surface area (Å²) < 4.78 is 11.6. The molecule has 1 atom stereocenters. The van der Waals surface area contributed by atoms with Crippen LogP contribution in [0.4, 0.5) is 4.79 Å². The van der Waals surface area contributed by atoms with Crippen LogP contribution in [0.3, 0.4) is 0 Å². The molecule has 5 heteroatoms. The van der Waals surface area contributed by atoms with Crippen molar-refractivity contribution in [3.8, 4) is 5.75 Å². The van der Waals surface area contributed by atoms with E-state index < -0.39 is 0 Å². The maximum Gasteiger partial charge on any atom is 0.410 e. The van der Waals surface area contributed by atoms with Crippen LogP contribution in [0.5, 0.6) is 5.75 Å². The zero-order valence-electron chi connectivity index (χ0n) is 16.5. The molecule has 1 aromatic heterocycles. The Bertz CT molecular complexity index is 803. The van der Waals surface area contributed by atoms with Crippen LogP contribution in [0.15, 0.2) is 42.7 Å². The highest BCUT2D eigenvalue weighted by Gasteiger charge is 2.32. The van der Waals surface area contributed by atoms with Crippen LogP contribution >= 0.6 is 0 Å². The Morgan fingerprint density at radius 3 is 2.82 bits per heavy atom. The standard InChI is InChI=1S/C23H28N2O3/c1-17-12-19(9-10-21(17)27-16-18-6-3-2-4-7-18)14-25-15-22(28-23(25)26)20-8-5-11-24-13-20/h5,8-13,18,22H,2-4,6-7,14-16H2,1H3. The summed E-state index contributed by atoms with van der Waals surface area (Å²) in [5, 5.41) is 0. The third-order valence-corrected chi connectivity index (χ3v) is 5.76. The molecule has 0 bridgehead atoms. The van der Waals surface area contributed by atoms with Crippen molar-refractivity contribution in [1.29, 1.82) is 0 Å². The minimum atomic E-state index is -0.274. The number of hydrogen-bond acceptors (Lipinski definition) is 4. The number of pyridine rings is 1. The van der Waals surface area contributed by atoms with Crippen molar-refractivity contribution in [2.45, 2.75) is 51.7 Å². The van der Waals surface area contributed by atoms with E-state index in [1.807, 2.05) is 24.3 Å².